The summed E-state index contributed by atoms with van der Waals surface area (Å²) < 4.78 is 0. The Morgan fingerprint density at radius 1 is 0.903 bits per heavy atom. The Labute approximate surface area is 180 Å². The molecule has 7 nitrogen and oxygen atoms in total. The van der Waals surface area contributed by atoms with Gasteiger partial charge in [0.25, 0.3) is 0 Å². The smallest absolute Gasteiger partial charge is 0.226 e. The average Bonchev–Trinajstić information content (AvgIpc) is 3.19. The van der Waals surface area contributed by atoms with Crippen LogP contribution in [0.1, 0.15) is 16.8 Å². The van der Waals surface area contributed by atoms with Crippen molar-refractivity contribution in [3.8, 4) is 0 Å². The Bertz CT molecular complexity index is 1340. The molecule has 7 heteroatoms. The van der Waals surface area contributed by atoms with E-state index in [-0.39, 0.29) is 0 Å². The van der Waals surface area contributed by atoms with Crippen LogP contribution in [0.3, 0.4) is 0 Å². The van der Waals surface area contributed by atoms with Crippen molar-refractivity contribution in [2.75, 3.05) is 17.2 Å². The van der Waals surface area contributed by atoms with Crippen molar-refractivity contribution in [1.82, 2.24) is 24.9 Å². The van der Waals surface area contributed by atoms with Gasteiger partial charge in [0.05, 0.1) is 0 Å². The number of aromatic nitrogens is 5. The molecule has 0 amide bonds. The second kappa shape index (κ2) is 8.02. The first-order chi connectivity index (χ1) is 15.2. The van der Waals surface area contributed by atoms with Gasteiger partial charge >= 0.3 is 0 Å². The summed E-state index contributed by atoms with van der Waals surface area (Å²) in [7, 11) is 0. The number of nitrogens with zero attached hydrogens (tertiary/aromatic N) is 4. The summed E-state index contributed by atoms with van der Waals surface area (Å²) in [5.41, 5.74) is 6.93. The highest BCUT2D eigenvalue weighted by Crippen LogP contribution is 2.24. The van der Waals surface area contributed by atoms with Crippen LogP contribution >= 0.6 is 0 Å². The molecule has 3 heterocycles. The Morgan fingerprint density at radius 2 is 1.77 bits per heavy atom. The summed E-state index contributed by atoms with van der Waals surface area (Å²) in [6, 6.07) is 16.7. The lowest BCUT2D eigenvalue weighted by atomic mass is 10.1. The summed E-state index contributed by atoms with van der Waals surface area (Å²) in [6.07, 6.45) is 4.13. The number of para-hydroxylation sites is 1. The predicted octanol–water partition coefficient (Wildman–Crippen LogP) is 4.92. The van der Waals surface area contributed by atoms with Gasteiger partial charge in [-0.3, -0.25) is 0 Å². The van der Waals surface area contributed by atoms with Crippen LogP contribution in [0.2, 0.25) is 0 Å². The second-order valence-corrected chi connectivity index (χ2v) is 7.61. The predicted molar refractivity (Wildman–Crippen MR) is 125 cm³/mol. The van der Waals surface area contributed by atoms with Crippen molar-refractivity contribution in [1.29, 1.82) is 0 Å². The average molecular weight is 409 g/mol. The van der Waals surface area contributed by atoms with Crippen molar-refractivity contribution in [3.63, 3.8) is 0 Å². The fourth-order valence-corrected chi connectivity index (χ4v) is 3.56. The maximum atomic E-state index is 4.68. The lowest BCUT2D eigenvalue weighted by Gasteiger charge is -2.12. The Balaban J connectivity index is 1.37. The second-order valence-electron chi connectivity index (χ2n) is 7.61. The van der Waals surface area contributed by atoms with E-state index in [0.717, 1.165) is 17.6 Å². The van der Waals surface area contributed by atoms with E-state index in [2.05, 4.69) is 79.7 Å². The van der Waals surface area contributed by atoms with E-state index in [9.17, 15) is 0 Å². The third-order valence-corrected chi connectivity index (χ3v) is 5.37. The van der Waals surface area contributed by atoms with Crippen molar-refractivity contribution in [3.05, 3.63) is 77.7 Å². The molecule has 0 radical (unpaired) electrons. The number of H-pyrrole nitrogens is 1. The zero-order chi connectivity index (χ0) is 21.2. The zero-order valence-corrected chi connectivity index (χ0v) is 17.5. The number of aromatic amines is 1. The number of fused-ring (bicyclic) bond motifs is 2. The van der Waals surface area contributed by atoms with Crippen molar-refractivity contribution in [2.45, 2.75) is 20.3 Å². The summed E-state index contributed by atoms with van der Waals surface area (Å²) in [5.74, 6) is 1.16. The minimum absolute atomic E-state index is 0.524. The maximum absolute atomic E-state index is 4.68. The molecule has 0 unspecified atom stereocenters. The first-order valence-corrected chi connectivity index (χ1v) is 10.3. The molecule has 3 aromatic heterocycles. The third-order valence-electron chi connectivity index (χ3n) is 5.37. The Kier molecular flexibility index (Phi) is 4.92. The van der Waals surface area contributed by atoms with Crippen molar-refractivity contribution in [2.24, 2.45) is 0 Å². The van der Waals surface area contributed by atoms with Crippen molar-refractivity contribution < 1.29 is 0 Å². The van der Waals surface area contributed by atoms with Gasteiger partial charge in [0, 0.05) is 42.3 Å². The SMILES string of the molecule is Cc1ccc(Nc2nc(NCCc3cc4ccccc4[nH]3)nc3nccnc23)cc1C. The van der Waals surface area contributed by atoms with Gasteiger partial charge in [-0.25, -0.2) is 9.97 Å². The first kappa shape index (κ1) is 19.0. The summed E-state index contributed by atoms with van der Waals surface area (Å²) in [6.45, 7) is 4.89. The summed E-state index contributed by atoms with van der Waals surface area (Å²) in [5, 5.41) is 7.92. The van der Waals surface area contributed by atoms with Gasteiger partial charge in [0.15, 0.2) is 17.0 Å². The number of rotatable bonds is 6. The highest BCUT2D eigenvalue weighted by atomic mass is 15.2. The molecule has 0 spiro atoms. The van der Waals surface area contributed by atoms with E-state index in [1.165, 1.54) is 22.2 Å². The van der Waals surface area contributed by atoms with E-state index < -0.39 is 0 Å². The molecule has 0 saturated carbocycles. The fraction of sp³-hybridized carbons (Fsp3) is 0.167. The van der Waals surface area contributed by atoms with Crippen LogP contribution in [-0.4, -0.2) is 31.5 Å². The van der Waals surface area contributed by atoms with E-state index in [1.54, 1.807) is 12.4 Å². The fourth-order valence-electron chi connectivity index (χ4n) is 3.56. The van der Waals surface area contributed by atoms with Gasteiger partial charge in [-0.15, -0.1) is 0 Å². The zero-order valence-electron chi connectivity index (χ0n) is 17.5. The van der Waals surface area contributed by atoms with Crippen LogP contribution in [0.15, 0.2) is 60.9 Å². The summed E-state index contributed by atoms with van der Waals surface area (Å²) in [4.78, 5) is 21.5. The number of anilines is 3. The van der Waals surface area contributed by atoms with Gasteiger partial charge in [-0.1, -0.05) is 24.3 Å². The van der Waals surface area contributed by atoms with E-state index in [0.29, 0.717) is 29.5 Å². The van der Waals surface area contributed by atoms with Gasteiger partial charge in [-0.05, 0) is 54.6 Å². The van der Waals surface area contributed by atoms with Gasteiger partial charge < -0.3 is 15.6 Å². The molecule has 0 aliphatic rings. The van der Waals surface area contributed by atoms with Crippen LogP contribution in [0, 0.1) is 13.8 Å². The number of nitrogens with one attached hydrogen (secondary N) is 3. The molecule has 3 N–H and O–H groups in total. The number of aryl methyl sites for hydroxylation is 2. The van der Waals surface area contributed by atoms with Gasteiger partial charge in [0.2, 0.25) is 5.95 Å². The normalized spacial score (nSPS) is 11.2. The van der Waals surface area contributed by atoms with E-state index >= 15 is 0 Å². The minimum atomic E-state index is 0.524. The quantitative estimate of drug-likeness (QED) is 0.369. The number of hydrogen-bond acceptors (Lipinski definition) is 6. The molecule has 0 fully saturated rings. The maximum Gasteiger partial charge on any atom is 0.226 e. The van der Waals surface area contributed by atoms with Crippen LogP contribution in [0.4, 0.5) is 17.5 Å². The molecule has 0 aliphatic heterocycles. The molecule has 0 saturated heterocycles. The molecule has 31 heavy (non-hydrogen) atoms. The van der Waals surface area contributed by atoms with E-state index in [4.69, 9.17) is 0 Å². The van der Waals surface area contributed by atoms with Gasteiger partial charge in [0.1, 0.15) is 0 Å². The highest BCUT2D eigenvalue weighted by Gasteiger charge is 2.11. The molecule has 0 bridgehead atoms. The minimum Gasteiger partial charge on any atom is -0.358 e. The number of hydrogen-bond donors (Lipinski definition) is 3. The molecule has 0 aliphatic carbocycles. The topological polar surface area (TPSA) is 91.4 Å². The first-order valence-electron chi connectivity index (χ1n) is 10.3. The van der Waals surface area contributed by atoms with Crippen LogP contribution in [-0.2, 0) is 6.42 Å². The van der Waals surface area contributed by atoms with Crippen LogP contribution in [0.25, 0.3) is 22.1 Å². The molecule has 5 rings (SSSR count). The van der Waals surface area contributed by atoms with Crippen LogP contribution < -0.4 is 10.6 Å². The lowest BCUT2D eigenvalue weighted by molar-refractivity contribution is 0.960. The molecule has 0 atom stereocenters. The molecular weight excluding hydrogens is 386 g/mol. The largest absolute Gasteiger partial charge is 0.358 e. The molecule has 154 valence electrons. The Morgan fingerprint density at radius 3 is 2.65 bits per heavy atom. The molecular formula is C24H23N7. The third kappa shape index (κ3) is 4.02. The molecule has 2 aromatic carbocycles. The van der Waals surface area contributed by atoms with Crippen LogP contribution in [0.5, 0.6) is 0 Å². The highest BCUT2D eigenvalue weighted by molar-refractivity contribution is 5.85. The monoisotopic (exact) mass is 409 g/mol. The van der Waals surface area contributed by atoms with E-state index in [1.807, 2.05) is 18.2 Å². The summed E-state index contributed by atoms with van der Waals surface area (Å²) >= 11 is 0. The standard InChI is InChI=1S/C24H23N7/c1-15-7-8-18(13-16(15)2)29-23-21-22(26-12-11-25-21)30-24(31-23)27-10-9-19-14-17-5-3-4-6-20(17)28-19/h3-8,11-14,28H,9-10H2,1-2H3,(H2,26,27,29,30,31). The Hall–Kier alpha value is -4.00. The number of benzene rings is 2. The van der Waals surface area contributed by atoms with Crippen molar-refractivity contribution >= 4 is 39.5 Å². The van der Waals surface area contributed by atoms with Gasteiger partial charge in [-0.2, -0.15) is 9.97 Å². The molecule has 5 aromatic rings. The lowest BCUT2D eigenvalue weighted by Crippen LogP contribution is -2.10.